The summed E-state index contributed by atoms with van der Waals surface area (Å²) >= 11 is 0. The van der Waals surface area contributed by atoms with Crippen molar-refractivity contribution in [3.8, 4) is 0 Å². The highest BCUT2D eigenvalue weighted by Crippen LogP contribution is 2.18. The Balaban J connectivity index is 4.27. The summed E-state index contributed by atoms with van der Waals surface area (Å²) in [7, 11) is 0. The van der Waals surface area contributed by atoms with Crippen LogP contribution in [-0.2, 0) is 19.1 Å². The number of hydrogen-bond acceptors (Lipinski definition) is 4. The van der Waals surface area contributed by atoms with Crippen molar-refractivity contribution in [3.63, 3.8) is 0 Å². The van der Waals surface area contributed by atoms with Crippen molar-refractivity contribution in [2.45, 2.75) is 258 Å². The van der Waals surface area contributed by atoms with Gasteiger partial charge in [-0.1, -0.05) is 188 Å². The van der Waals surface area contributed by atoms with E-state index in [1.54, 1.807) is 0 Å². The van der Waals surface area contributed by atoms with Gasteiger partial charge in [0.15, 0.2) is 6.10 Å². The molecule has 0 N–H and O–H groups in total. The molecule has 0 heterocycles. The van der Waals surface area contributed by atoms with Crippen LogP contribution < -0.4 is 0 Å². The zero-order valence-electron chi connectivity index (χ0n) is 33.0. The average Bonchev–Trinajstić information content (AvgIpc) is 3.09. The molecule has 2 atom stereocenters. The van der Waals surface area contributed by atoms with Gasteiger partial charge in [-0.15, -0.1) is 0 Å². The maximum absolute atomic E-state index is 13.2. The molecule has 4 nitrogen and oxygen atoms in total. The topological polar surface area (TPSA) is 52.6 Å². The molecule has 0 aliphatic carbocycles. The third-order valence-electron chi connectivity index (χ3n) is 9.87. The lowest BCUT2D eigenvalue weighted by atomic mass is 10.0. The van der Waals surface area contributed by atoms with Gasteiger partial charge in [-0.2, -0.15) is 0 Å². The lowest BCUT2D eigenvalue weighted by Crippen LogP contribution is -2.32. The summed E-state index contributed by atoms with van der Waals surface area (Å²) in [6.45, 7) is 8.81. The van der Waals surface area contributed by atoms with Gasteiger partial charge in [0.2, 0.25) is 0 Å². The van der Waals surface area contributed by atoms with Crippen LogP contribution >= 0.6 is 0 Å². The van der Waals surface area contributed by atoms with Crippen LogP contribution in [0.4, 0.5) is 0 Å². The van der Waals surface area contributed by atoms with E-state index < -0.39 is 6.10 Å². The van der Waals surface area contributed by atoms with E-state index in [0.717, 1.165) is 70.6 Å². The standard InChI is InChI=1S/C44H84O4/c1-5-9-12-14-16-18-20-22-24-26-28-30-32-34-37-40-43(45)48-42(44(46)47-41(8-4)38-35-11-7-3)39-36-33-31-29-27-25-23-21-19-17-15-13-10-6-2/h22,24,41-42H,5-21,23,25-40H2,1-4H3/b24-22-. The SMILES string of the molecule is CCCCCCCC/C=C\CCCCCCCC(=O)OC(CCCCCCCCCCCCCCCC)C(=O)OC(CC)CCCCC. The van der Waals surface area contributed by atoms with E-state index >= 15 is 0 Å². The van der Waals surface area contributed by atoms with E-state index in [4.69, 9.17) is 9.47 Å². The first-order valence-corrected chi connectivity index (χ1v) is 21.6. The van der Waals surface area contributed by atoms with Crippen LogP contribution in [0.1, 0.15) is 246 Å². The van der Waals surface area contributed by atoms with Crippen LogP contribution in [0.5, 0.6) is 0 Å². The minimum atomic E-state index is -0.752. The number of allylic oxidation sites excluding steroid dienone is 2. The molecule has 0 amide bonds. The van der Waals surface area contributed by atoms with Gasteiger partial charge >= 0.3 is 11.9 Å². The number of unbranched alkanes of at least 4 members (excludes halogenated alkanes) is 26. The lowest BCUT2D eigenvalue weighted by molar-refractivity contribution is -0.172. The highest BCUT2D eigenvalue weighted by molar-refractivity contribution is 5.79. The van der Waals surface area contributed by atoms with Gasteiger partial charge in [-0.25, -0.2) is 4.79 Å². The van der Waals surface area contributed by atoms with Gasteiger partial charge in [0.05, 0.1) is 0 Å². The van der Waals surface area contributed by atoms with E-state index in [2.05, 4.69) is 39.8 Å². The van der Waals surface area contributed by atoms with Crippen LogP contribution in [0.3, 0.4) is 0 Å². The molecule has 284 valence electrons. The quantitative estimate of drug-likeness (QED) is 0.0371. The highest BCUT2D eigenvalue weighted by atomic mass is 16.6. The molecule has 4 heteroatoms. The maximum Gasteiger partial charge on any atom is 0.347 e. The second-order valence-corrected chi connectivity index (χ2v) is 14.7. The van der Waals surface area contributed by atoms with Gasteiger partial charge in [-0.05, 0) is 64.2 Å². The molecule has 48 heavy (non-hydrogen) atoms. The average molecular weight is 677 g/mol. The number of carbonyl (C=O) groups excluding carboxylic acids is 2. The second kappa shape index (κ2) is 38.5. The summed E-state index contributed by atoms with van der Waals surface area (Å²) in [4.78, 5) is 25.9. The Morgan fingerprint density at radius 1 is 0.438 bits per heavy atom. The van der Waals surface area contributed by atoms with Crippen molar-refractivity contribution in [1.29, 1.82) is 0 Å². The number of hydrogen-bond donors (Lipinski definition) is 0. The summed E-state index contributed by atoms with van der Waals surface area (Å²) in [5, 5.41) is 0. The fourth-order valence-electron chi connectivity index (χ4n) is 6.52. The number of carbonyl (C=O) groups is 2. The summed E-state index contributed by atoms with van der Waals surface area (Å²) in [5.41, 5.74) is 0. The molecule has 0 aliphatic rings. The van der Waals surface area contributed by atoms with E-state index in [-0.39, 0.29) is 18.0 Å². The molecule has 0 saturated heterocycles. The zero-order valence-corrected chi connectivity index (χ0v) is 33.0. The van der Waals surface area contributed by atoms with Gasteiger partial charge in [-0.3, -0.25) is 4.79 Å². The Labute approximate surface area is 300 Å². The first-order chi connectivity index (χ1) is 23.6. The molecule has 0 radical (unpaired) electrons. The largest absolute Gasteiger partial charge is 0.460 e. The summed E-state index contributed by atoms with van der Waals surface area (Å²) < 4.78 is 11.7. The smallest absolute Gasteiger partial charge is 0.347 e. The summed E-state index contributed by atoms with van der Waals surface area (Å²) in [6, 6.07) is 0. The third-order valence-corrected chi connectivity index (χ3v) is 9.87. The Hall–Kier alpha value is -1.32. The molecule has 0 aromatic rings. The van der Waals surface area contributed by atoms with Gasteiger partial charge in [0.1, 0.15) is 6.10 Å². The van der Waals surface area contributed by atoms with Crippen molar-refractivity contribution in [3.05, 3.63) is 12.2 Å². The maximum atomic E-state index is 13.2. The van der Waals surface area contributed by atoms with Gasteiger partial charge in [0.25, 0.3) is 0 Å². The number of ether oxygens (including phenoxy) is 2. The van der Waals surface area contributed by atoms with E-state index in [1.165, 1.54) is 135 Å². The van der Waals surface area contributed by atoms with Crippen LogP contribution in [0.15, 0.2) is 12.2 Å². The molecule has 0 bridgehead atoms. The summed E-state index contributed by atoms with van der Waals surface area (Å²) in [6.07, 6.45) is 44.2. The molecule has 0 fully saturated rings. The van der Waals surface area contributed by atoms with Crippen molar-refractivity contribution < 1.29 is 19.1 Å². The molecule has 0 aromatic heterocycles. The van der Waals surface area contributed by atoms with Crippen molar-refractivity contribution in [2.75, 3.05) is 0 Å². The minimum Gasteiger partial charge on any atom is -0.460 e. The Kier molecular flexibility index (Phi) is 37.4. The monoisotopic (exact) mass is 677 g/mol. The van der Waals surface area contributed by atoms with Crippen molar-refractivity contribution in [1.82, 2.24) is 0 Å². The zero-order chi connectivity index (χ0) is 35.2. The molecule has 0 saturated carbocycles. The van der Waals surface area contributed by atoms with E-state index in [1.807, 2.05) is 0 Å². The van der Waals surface area contributed by atoms with Crippen LogP contribution in [-0.4, -0.2) is 24.1 Å². The Bertz CT molecular complexity index is 702. The van der Waals surface area contributed by atoms with Crippen LogP contribution in [0, 0.1) is 0 Å². The molecule has 0 aliphatic heterocycles. The number of esters is 2. The number of rotatable bonds is 38. The second-order valence-electron chi connectivity index (χ2n) is 14.7. The third kappa shape index (κ3) is 33.2. The van der Waals surface area contributed by atoms with Gasteiger partial charge < -0.3 is 9.47 Å². The van der Waals surface area contributed by atoms with Crippen molar-refractivity contribution in [2.24, 2.45) is 0 Å². The highest BCUT2D eigenvalue weighted by Gasteiger charge is 2.26. The first-order valence-electron chi connectivity index (χ1n) is 21.6. The Morgan fingerprint density at radius 3 is 1.27 bits per heavy atom. The van der Waals surface area contributed by atoms with Crippen molar-refractivity contribution >= 4 is 11.9 Å². The fourth-order valence-corrected chi connectivity index (χ4v) is 6.52. The molecule has 2 unspecified atom stereocenters. The van der Waals surface area contributed by atoms with Crippen LogP contribution in [0.25, 0.3) is 0 Å². The van der Waals surface area contributed by atoms with Crippen LogP contribution in [0.2, 0.25) is 0 Å². The van der Waals surface area contributed by atoms with Gasteiger partial charge in [0, 0.05) is 6.42 Å². The molecule has 0 spiro atoms. The molecular formula is C44H84O4. The predicted molar refractivity (Wildman–Crippen MR) is 209 cm³/mol. The molecule has 0 aromatic carbocycles. The molecule has 0 rings (SSSR count). The van der Waals surface area contributed by atoms with E-state index in [0.29, 0.717) is 12.8 Å². The fraction of sp³-hybridized carbons (Fsp3) is 0.909. The molecular weight excluding hydrogens is 592 g/mol. The first kappa shape index (κ1) is 46.7. The Morgan fingerprint density at radius 2 is 0.812 bits per heavy atom. The predicted octanol–water partition coefficient (Wildman–Crippen LogP) is 14.7. The lowest BCUT2D eigenvalue weighted by Gasteiger charge is -2.21. The minimum absolute atomic E-state index is 0.0769. The van der Waals surface area contributed by atoms with E-state index in [9.17, 15) is 9.59 Å². The summed E-state index contributed by atoms with van der Waals surface area (Å²) in [5.74, 6) is -0.565. The normalized spacial score (nSPS) is 12.8.